The molecule has 0 spiro atoms. The Labute approximate surface area is 80.9 Å². The average Bonchev–Trinajstić information content (AvgIpc) is 2.87. The summed E-state index contributed by atoms with van der Waals surface area (Å²) in [6, 6.07) is 8.59. The Hall–Kier alpha value is -0.340. The number of halogens is 1. The highest BCUT2D eigenvalue weighted by Crippen LogP contribution is 2.31. The fourth-order valence-corrected chi connectivity index (χ4v) is 1.52. The molecule has 0 bridgehead atoms. The zero-order valence-electron chi connectivity index (χ0n) is 6.96. The number of hydrogen-bond donors (Lipinski definition) is 0. The number of benzene rings is 1. The number of ether oxygens (including phenoxy) is 1. The van der Waals surface area contributed by atoms with E-state index in [1.165, 1.54) is 11.1 Å². The molecule has 1 aromatic carbocycles. The molecule has 1 aliphatic rings. The van der Waals surface area contributed by atoms with Gasteiger partial charge >= 0.3 is 0 Å². The van der Waals surface area contributed by atoms with Gasteiger partial charge in [0.2, 0.25) is 0 Å². The Morgan fingerprint density at radius 3 is 2.42 bits per heavy atom. The van der Waals surface area contributed by atoms with E-state index in [1.807, 2.05) is 0 Å². The van der Waals surface area contributed by atoms with Crippen molar-refractivity contribution in [1.82, 2.24) is 0 Å². The van der Waals surface area contributed by atoms with Gasteiger partial charge in [-0.1, -0.05) is 40.2 Å². The molecule has 12 heavy (non-hydrogen) atoms. The lowest BCUT2D eigenvalue weighted by molar-refractivity contribution is 0.415. The minimum absolute atomic E-state index is 0.379. The molecule has 2 unspecified atom stereocenters. The van der Waals surface area contributed by atoms with Crippen LogP contribution in [-0.2, 0) is 4.74 Å². The molecule has 1 fully saturated rings. The van der Waals surface area contributed by atoms with Gasteiger partial charge in [0, 0.05) is 4.83 Å². The average molecular weight is 227 g/mol. The summed E-state index contributed by atoms with van der Waals surface area (Å²) in [5.74, 6) is 0. The second-order valence-electron chi connectivity index (χ2n) is 3.10. The second-order valence-corrected chi connectivity index (χ2v) is 4.48. The highest BCUT2D eigenvalue weighted by molar-refractivity contribution is 9.09. The molecule has 1 aliphatic heterocycles. The molecule has 64 valence electrons. The first-order valence-corrected chi connectivity index (χ1v) is 5.04. The van der Waals surface area contributed by atoms with Gasteiger partial charge in [0.1, 0.15) is 6.10 Å². The van der Waals surface area contributed by atoms with Gasteiger partial charge in [-0.3, -0.25) is 0 Å². The SMILES string of the molecule is CC(Br)c1ccc(C2CO2)cc1. The second kappa shape index (κ2) is 3.19. The first-order valence-electron chi connectivity index (χ1n) is 4.13. The van der Waals surface area contributed by atoms with Crippen molar-refractivity contribution < 1.29 is 4.74 Å². The van der Waals surface area contributed by atoms with Crippen LogP contribution in [0.3, 0.4) is 0 Å². The van der Waals surface area contributed by atoms with Crippen molar-refractivity contribution in [2.75, 3.05) is 6.61 Å². The van der Waals surface area contributed by atoms with E-state index in [4.69, 9.17) is 4.74 Å². The largest absolute Gasteiger partial charge is 0.368 e. The molecule has 0 radical (unpaired) electrons. The van der Waals surface area contributed by atoms with Crippen molar-refractivity contribution in [3.05, 3.63) is 35.4 Å². The molecule has 2 heteroatoms. The summed E-state index contributed by atoms with van der Waals surface area (Å²) in [5, 5.41) is 0. The van der Waals surface area contributed by atoms with Gasteiger partial charge in [0.15, 0.2) is 0 Å². The highest BCUT2D eigenvalue weighted by Gasteiger charge is 2.24. The highest BCUT2D eigenvalue weighted by atomic mass is 79.9. The van der Waals surface area contributed by atoms with E-state index in [2.05, 4.69) is 47.1 Å². The molecule has 0 N–H and O–H groups in total. The quantitative estimate of drug-likeness (QED) is 0.558. The van der Waals surface area contributed by atoms with Gasteiger partial charge in [-0.2, -0.15) is 0 Å². The Bertz CT molecular complexity index is 241. The van der Waals surface area contributed by atoms with E-state index in [-0.39, 0.29) is 0 Å². The third-order valence-corrected chi connectivity index (χ3v) is 2.63. The standard InChI is InChI=1S/C10H11BrO/c1-7(11)8-2-4-9(5-3-8)10-6-12-10/h2-5,7,10H,6H2,1H3. The zero-order valence-corrected chi connectivity index (χ0v) is 8.54. The van der Waals surface area contributed by atoms with E-state index in [9.17, 15) is 0 Å². The van der Waals surface area contributed by atoms with Crippen LogP contribution in [0.15, 0.2) is 24.3 Å². The predicted octanol–water partition coefficient (Wildman–Crippen LogP) is 3.21. The monoisotopic (exact) mass is 226 g/mol. The van der Waals surface area contributed by atoms with Gasteiger partial charge in [-0.15, -0.1) is 0 Å². The Kier molecular flexibility index (Phi) is 2.20. The fraction of sp³-hybridized carbons (Fsp3) is 0.400. The molecule has 0 amide bonds. The van der Waals surface area contributed by atoms with Crippen molar-refractivity contribution in [2.24, 2.45) is 0 Å². The van der Waals surface area contributed by atoms with Crippen molar-refractivity contribution >= 4 is 15.9 Å². The summed E-state index contributed by atoms with van der Waals surface area (Å²) >= 11 is 3.53. The number of hydrogen-bond acceptors (Lipinski definition) is 1. The minimum atomic E-state index is 0.379. The molecule has 1 saturated heterocycles. The lowest BCUT2D eigenvalue weighted by Crippen LogP contribution is -1.85. The Morgan fingerprint density at radius 2 is 2.00 bits per heavy atom. The zero-order chi connectivity index (χ0) is 8.55. The number of rotatable bonds is 2. The number of alkyl halides is 1. The molecule has 2 atom stereocenters. The Balaban J connectivity index is 2.18. The van der Waals surface area contributed by atoms with Crippen molar-refractivity contribution in [3.63, 3.8) is 0 Å². The molecule has 0 aromatic heterocycles. The van der Waals surface area contributed by atoms with Crippen LogP contribution < -0.4 is 0 Å². The summed E-state index contributed by atoms with van der Waals surface area (Å²) < 4.78 is 5.18. The van der Waals surface area contributed by atoms with Crippen LogP contribution in [-0.4, -0.2) is 6.61 Å². The van der Waals surface area contributed by atoms with Crippen LogP contribution >= 0.6 is 15.9 Å². The lowest BCUT2D eigenvalue weighted by Gasteiger charge is -2.03. The van der Waals surface area contributed by atoms with Crippen LogP contribution in [0.1, 0.15) is 29.0 Å². The first-order chi connectivity index (χ1) is 5.77. The van der Waals surface area contributed by atoms with Crippen molar-refractivity contribution in [3.8, 4) is 0 Å². The summed E-state index contributed by atoms with van der Waals surface area (Å²) in [6.07, 6.45) is 0.379. The van der Waals surface area contributed by atoms with Crippen molar-refractivity contribution in [1.29, 1.82) is 0 Å². The third-order valence-electron chi connectivity index (χ3n) is 2.10. The maximum atomic E-state index is 5.18. The molecule has 2 rings (SSSR count). The lowest BCUT2D eigenvalue weighted by atomic mass is 10.1. The topological polar surface area (TPSA) is 12.5 Å². The molecule has 0 aliphatic carbocycles. The summed E-state index contributed by atoms with van der Waals surface area (Å²) in [7, 11) is 0. The normalized spacial score (nSPS) is 23.7. The van der Waals surface area contributed by atoms with Gasteiger partial charge in [-0.05, 0) is 18.1 Å². The molecular formula is C10H11BrO. The first kappa shape index (κ1) is 8.27. The molecular weight excluding hydrogens is 216 g/mol. The molecule has 1 aromatic rings. The van der Waals surface area contributed by atoms with Gasteiger partial charge < -0.3 is 4.74 Å². The maximum Gasteiger partial charge on any atom is 0.106 e. The van der Waals surface area contributed by atoms with Crippen LogP contribution in [0.25, 0.3) is 0 Å². The van der Waals surface area contributed by atoms with E-state index >= 15 is 0 Å². The van der Waals surface area contributed by atoms with E-state index in [0.29, 0.717) is 10.9 Å². The van der Waals surface area contributed by atoms with Crippen LogP contribution in [0, 0.1) is 0 Å². The molecule has 1 heterocycles. The smallest absolute Gasteiger partial charge is 0.106 e. The third kappa shape index (κ3) is 1.70. The van der Waals surface area contributed by atoms with Crippen LogP contribution in [0.2, 0.25) is 0 Å². The summed E-state index contributed by atoms with van der Waals surface area (Å²) in [5.41, 5.74) is 2.62. The minimum Gasteiger partial charge on any atom is -0.368 e. The fourth-order valence-electron chi connectivity index (χ4n) is 1.22. The van der Waals surface area contributed by atoms with E-state index in [1.54, 1.807) is 0 Å². The number of epoxide rings is 1. The Morgan fingerprint density at radius 1 is 1.42 bits per heavy atom. The van der Waals surface area contributed by atoms with Crippen LogP contribution in [0.5, 0.6) is 0 Å². The van der Waals surface area contributed by atoms with E-state index in [0.717, 1.165) is 6.61 Å². The van der Waals surface area contributed by atoms with Crippen molar-refractivity contribution in [2.45, 2.75) is 17.9 Å². The maximum absolute atomic E-state index is 5.18. The molecule has 1 nitrogen and oxygen atoms in total. The molecule has 0 saturated carbocycles. The van der Waals surface area contributed by atoms with Crippen LogP contribution in [0.4, 0.5) is 0 Å². The summed E-state index contributed by atoms with van der Waals surface area (Å²) in [6.45, 7) is 3.02. The van der Waals surface area contributed by atoms with Gasteiger partial charge in [0.25, 0.3) is 0 Å². The summed E-state index contributed by atoms with van der Waals surface area (Å²) in [4.78, 5) is 0.437. The predicted molar refractivity (Wildman–Crippen MR) is 52.5 cm³/mol. The van der Waals surface area contributed by atoms with E-state index < -0.39 is 0 Å². The van der Waals surface area contributed by atoms with Gasteiger partial charge in [0.05, 0.1) is 6.61 Å². The van der Waals surface area contributed by atoms with Gasteiger partial charge in [-0.25, -0.2) is 0 Å².